The molecule has 1 aliphatic carbocycles. The highest BCUT2D eigenvalue weighted by Crippen LogP contribution is 2.28. The van der Waals surface area contributed by atoms with Crippen LogP contribution in [0.25, 0.3) is 6.08 Å². The largest absolute Gasteiger partial charge is 0.423 e. The molecule has 0 aliphatic heterocycles. The molecule has 2 rings (SSSR count). The number of ether oxygens (including phenoxy) is 1. The van der Waals surface area contributed by atoms with E-state index in [4.69, 9.17) is 4.74 Å². The van der Waals surface area contributed by atoms with Crippen molar-refractivity contribution in [3.05, 3.63) is 48.1 Å². The number of hydrogen-bond donors (Lipinski definition) is 0. The van der Waals surface area contributed by atoms with Gasteiger partial charge in [0.1, 0.15) is 5.75 Å². The fourth-order valence-corrected chi connectivity index (χ4v) is 1.69. The molecule has 0 bridgehead atoms. The number of allylic oxidation sites excluding steroid dienone is 1. The molecule has 1 aromatic rings. The molecule has 0 heterocycles. The summed E-state index contributed by atoms with van der Waals surface area (Å²) in [5, 5.41) is 0. The van der Waals surface area contributed by atoms with Crippen LogP contribution in [0.5, 0.6) is 5.75 Å². The smallest absolute Gasteiger partial charge is 0.335 e. The molecule has 0 fully saturated rings. The summed E-state index contributed by atoms with van der Waals surface area (Å²) >= 11 is 0. The van der Waals surface area contributed by atoms with Crippen molar-refractivity contribution in [1.82, 2.24) is 0 Å². The standard InChI is InChI=1S/C13H12O2/c1-2-13(14)15-12-9-5-7-10-6-3-4-8-11(10)12/h2-3,5-7,9H,1,4,8H2. The minimum absolute atomic E-state index is 0.405. The van der Waals surface area contributed by atoms with Gasteiger partial charge in [-0.25, -0.2) is 4.79 Å². The molecule has 1 aromatic carbocycles. The van der Waals surface area contributed by atoms with Crippen LogP contribution in [0.4, 0.5) is 0 Å². The van der Waals surface area contributed by atoms with Crippen molar-refractivity contribution in [3.8, 4) is 5.75 Å². The lowest BCUT2D eigenvalue weighted by Crippen LogP contribution is -2.07. The van der Waals surface area contributed by atoms with E-state index in [9.17, 15) is 4.79 Å². The Morgan fingerprint density at radius 2 is 2.33 bits per heavy atom. The summed E-state index contributed by atoms with van der Waals surface area (Å²) in [6.07, 6.45) is 7.28. The normalized spacial score (nSPS) is 13.1. The third-order valence-electron chi connectivity index (χ3n) is 2.40. The lowest BCUT2D eigenvalue weighted by molar-refractivity contribution is -0.129. The van der Waals surface area contributed by atoms with Gasteiger partial charge in [0.15, 0.2) is 0 Å². The van der Waals surface area contributed by atoms with E-state index in [0.29, 0.717) is 5.75 Å². The number of carbonyl (C=O) groups excluding carboxylic acids is 1. The maximum Gasteiger partial charge on any atom is 0.335 e. The van der Waals surface area contributed by atoms with Crippen LogP contribution in [0.3, 0.4) is 0 Å². The zero-order valence-electron chi connectivity index (χ0n) is 8.40. The Morgan fingerprint density at radius 1 is 1.47 bits per heavy atom. The van der Waals surface area contributed by atoms with Crippen molar-refractivity contribution < 1.29 is 9.53 Å². The van der Waals surface area contributed by atoms with Crippen LogP contribution >= 0.6 is 0 Å². The SMILES string of the molecule is C=CC(=O)Oc1cccc2c1CCC=C2. The molecule has 2 nitrogen and oxygen atoms in total. The molecule has 0 radical (unpaired) electrons. The van der Waals surface area contributed by atoms with Crippen LogP contribution in [-0.4, -0.2) is 5.97 Å². The predicted molar refractivity (Wildman–Crippen MR) is 59.6 cm³/mol. The second-order valence-electron chi connectivity index (χ2n) is 3.39. The van der Waals surface area contributed by atoms with Gasteiger partial charge < -0.3 is 4.74 Å². The third-order valence-corrected chi connectivity index (χ3v) is 2.40. The second kappa shape index (κ2) is 4.13. The lowest BCUT2D eigenvalue weighted by Gasteiger charge is -2.14. The van der Waals surface area contributed by atoms with Crippen LogP contribution in [0.2, 0.25) is 0 Å². The van der Waals surface area contributed by atoms with Crippen molar-refractivity contribution in [1.29, 1.82) is 0 Å². The maximum absolute atomic E-state index is 11.1. The second-order valence-corrected chi connectivity index (χ2v) is 3.39. The first kappa shape index (κ1) is 9.71. The quantitative estimate of drug-likeness (QED) is 0.417. The molecule has 0 amide bonds. The molecule has 0 spiro atoms. The number of carbonyl (C=O) groups is 1. The van der Waals surface area contributed by atoms with Gasteiger partial charge in [-0.2, -0.15) is 0 Å². The number of fused-ring (bicyclic) bond motifs is 1. The van der Waals surface area contributed by atoms with E-state index in [1.165, 1.54) is 6.08 Å². The summed E-state index contributed by atoms with van der Waals surface area (Å²) in [6, 6.07) is 5.73. The van der Waals surface area contributed by atoms with Gasteiger partial charge in [-0.3, -0.25) is 0 Å². The Bertz CT molecular complexity index is 430. The number of hydrogen-bond acceptors (Lipinski definition) is 2. The van der Waals surface area contributed by atoms with Gasteiger partial charge in [-0.15, -0.1) is 0 Å². The van der Waals surface area contributed by atoms with E-state index < -0.39 is 5.97 Å². The first-order valence-corrected chi connectivity index (χ1v) is 4.94. The van der Waals surface area contributed by atoms with Gasteiger partial charge in [-0.1, -0.05) is 30.9 Å². The van der Waals surface area contributed by atoms with Crippen molar-refractivity contribution >= 4 is 12.0 Å². The van der Waals surface area contributed by atoms with Crippen LogP contribution in [0.15, 0.2) is 36.9 Å². The van der Waals surface area contributed by atoms with E-state index in [1.54, 1.807) is 0 Å². The van der Waals surface area contributed by atoms with E-state index in [1.807, 2.05) is 18.2 Å². The predicted octanol–water partition coefficient (Wildman–Crippen LogP) is 2.74. The van der Waals surface area contributed by atoms with E-state index in [-0.39, 0.29) is 0 Å². The highest BCUT2D eigenvalue weighted by atomic mass is 16.5. The van der Waals surface area contributed by atoms with Gasteiger partial charge >= 0.3 is 5.97 Å². The van der Waals surface area contributed by atoms with Gasteiger partial charge in [0.2, 0.25) is 0 Å². The highest BCUT2D eigenvalue weighted by Gasteiger charge is 2.11. The summed E-state index contributed by atoms with van der Waals surface area (Å²) in [5.41, 5.74) is 2.24. The zero-order valence-corrected chi connectivity index (χ0v) is 8.40. The molecule has 0 aromatic heterocycles. The van der Waals surface area contributed by atoms with E-state index >= 15 is 0 Å². The fourth-order valence-electron chi connectivity index (χ4n) is 1.69. The van der Waals surface area contributed by atoms with Crippen LogP contribution in [0, 0.1) is 0 Å². The van der Waals surface area contributed by atoms with Crippen molar-refractivity contribution in [2.75, 3.05) is 0 Å². The van der Waals surface area contributed by atoms with E-state index in [2.05, 4.69) is 18.7 Å². The average Bonchev–Trinajstić information content (AvgIpc) is 2.29. The van der Waals surface area contributed by atoms with E-state index in [0.717, 1.165) is 24.0 Å². The molecule has 0 saturated carbocycles. The lowest BCUT2D eigenvalue weighted by atomic mass is 9.97. The molecular weight excluding hydrogens is 188 g/mol. The monoisotopic (exact) mass is 200 g/mol. The molecule has 2 heteroatoms. The first-order chi connectivity index (χ1) is 7.31. The molecule has 15 heavy (non-hydrogen) atoms. The van der Waals surface area contributed by atoms with Crippen molar-refractivity contribution in [2.24, 2.45) is 0 Å². The minimum Gasteiger partial charge on any atom is -0.423 e. The Balaban J connectivity index is 2.35. The maximum atomic E-state index is 11.1. The zero-order chi connectivity index (χ0) is 10.7. The number of benzene rings is 1. The number of rotatable bonds is 2. The molecule has 0 atom stereocenters. The molecule has 0 unspecified atom stereocenters. The Labute approximate surface area is 88.9 Å². The molecule has 1 aliphatic rings. The molecule has 0 saturated heterocycles. The molecular formula is C13H12O2. The highest BCUT2D eigenvalue weighted by molar-refractivity contribution is 5.83. The number of esters is 1. The fraction of sp³-hybridized carbons (Fsp3) is 0.154. The average molecular weight is 200 g/mol. The Kier molecular flexibility index (Phi) is 2.68. The summed E-state index contributed by atoms with van der Waals surface area (Å²) in [4.78, 5) is 11.1. The third kappa shape index (κ3) is 1.99. The van der Waals surface area contributed by atoms with Gasteiger partial charge in [0.25, 0.3) is 0 Å². The Morgan fingerprint density at radius 3 is 3.13 bits per heavy atom. The van der Waals surface area contributed by atoms with Crippen LogP contribution in [-0.2, 0) is 11.2 Å². The molecule has 76 valence electrons. The van der Waals surface area contributed by atoms with Gasteiger partial charge in [0.05, 0.1) is 0 Å². The molecule has 0 N–H and O–H groups in total. The van der Waals surface area contributed by atoms with Gasteiger partial charge in [-0.05, 0) is 24.5 Å². The van der Waals surface area contributed by atoms with Gasteiger partial charge in [0, 0.05) is 11.6 Å². The summed E-state index contributed by atoms with van der Waals surface area (Å²) < 4.78 is 5.17. The summed E-state index contributed by atoms with van der Waals surface area (Å²) in [7, 11) is 0. The summed E-state index contributed by atoms with van der Waals surface area (Å²) in [6.45, 7) is 3.38. The van der Waals surface area contributed by atoms with Crippen molar-refractivity contribution in [2.45, 2.75) is 12.8 Å². The van der Waals surface area contributed by atoms with Crippen LogP contribution < -0.4 is 4.74 Å². The minimum atomic E-state index is -0.405. The van der Waals surface area contributed by atoms with Crippen LogP contribution in [0.1, 0.15) is 17.5 Å². The Hall–Kier alpha value is -1.83. The summed E-state index contributed by atoms with van der Waals surface area (Å²) in [5.74, 6) is 0.250. The van der Waals surface area contributed by atoms with Crippen molar-refractivity contribution in [3.63, 3.8) is 0 Å². The topological polar surface area (TPSA) is 26.3 Å². The first-order valence-electron chi connectivity index (χ1n) is 4.94.